The van der Waals surface area contributed by atoms with Crippen molar-refractivity contribution in [1.82, 2.24) is 13.9 Å². The number of fused-ring (bicyclic) bond motifs is 1. The first kappa shape index (κ1) is 22.6. The fraction of sp³-hybridized carbons (Fsp3) is 0.409. The van der Waals surface area contributed by atoms with Crippen molar-refractivity contribution >= 4 is 43.2 Å². The molecule has 0 unspecified atom stereocenters. The van der Waals surface area contributed by atoms with Crippen molar-refractivity contribution in [2.75, 3.05) is 18.4 Å². The van der Waals surface area contributed by atoms with E-state index < -0.39 is 10.0 Å². The molecule has 1 aromatic carbocycles. The van der Waals surface area contributed by atoms with E-state index in [2.05, 4.69) is 10.3 Å². The van der Waals surface area contributed by atoms with E-state index in [-0.39, 0.29) is 29.3 Å². The fourth-order valence-electron chi connectivity index (χ4n) is 3.86. The normalized spacial score (nSPS) is 15.2. The minimum Gasteiger partial charge on any atom is -0.326 e. The van der Waals surface area contributed by atoms with Crippen molar-refractivity contribution in [3.05, 3.63) is 51.4 Å². The third kappa shape index (κ3) is 4.48. The van der Waals surface area contributed by atoms with E-state index in [0.717, 1.165) is 29.7 Å². The number of amides is 1. The van der Waals surface area contributed by atoms with Crippen LogP contribution in [0.25, 0.3) is 10.2 Å². The van der Waals surface area contributed by atoms with Crippen LogP contribution < -0.4 is 10.9 Å². The van der Waals surface area contributed by atoms with E-state index in [1.807, 2.05) is 13.8 Å². The number of hydrogen-bond acceptors (Lipinski definition) is 6. The van der Waals surface area contributed by atoms with Crippen LogP contribution in [0.1, 0.15) is 36.1 Å². The zero-order valence-electron chi connectivity index (χ0n) is 18.1. The number of aromatic nitrogens is 2. The van der Waals surface area contributed by atoms with E-state index in [9.17, 15) is 18.0 Å². The number of thiophene rings is 1. The third-order valence-corrected chi connectivity index (χ3v) is 8.82. The van der Waals surface area contributed by atoms with Gasteiger partial charge in [0.2, 0.25) is 15.9 Å². The molecule has 0 aliphatic carbocycles. The molecular weight excluding hydrogens is 448 g/mol. The first-order valence-electron chi connectivity index (χ1n) is 10.6. The summed E-state index contributed by atoms with van der Waals surface area (Å²) in [6.45, 7) is 5.09. The van der Waals surface area contributed by atoms with E-state index in [1.165, 1.54) is 32.6 Å². The molecule has 2 aromatic heterocycles. The highest BCUT2D eigenvalue weighted by Gasteiger charge is 2.26. The maximum atomic E-state index is 12.9. The molecule has 1 N–H and O–H groups in total. The summed E-state index contributed by atoms with van der Waals surface area (Å²) in [6, 6.07) is 6.31. The Morgan fingerprint density at radius 1 is 1.19 bits per heavy atom. The van der Waals surface area contributed by atoms with Crippen LogP contribution in [0.2, 0.25) is 0 Å². The Bertz CT molecular complexity index is 1320. The second-order valence-corrected chi connectivity index (χ2v) is 11.1. The van der Waals surface area contributed by atoms with Crippen LogP contribution in [0.4, 0.5) is 5.69 Å². The predicted octanol–water partition coefficient (Wildman–Crippen LogP) is 3.28. The summed E-state index contributed by atoms with van der Waals surface area (Å²) >= 11 is 1.48. The average Bonchev–Trinajstić information content (AvgIpc) is 3.08. The molecule has 1 amide bonds. The van der Waals surface area contributed by atoms with Gasteiger partial charge in [-0.2, -0.15) is 4.31 Å². The van der Waals surface area contributed by atoms with Gasteiger partial charge in [0.05, 0.1) is 16.6 Å². The third-order valence-electron chi connectivity index (χ3n) is 5.81. The molecule has 4 rings (SSSR count). The molecule has 32 heavy (non-hydrogen) atoms. The SMILES string of the molecule is Cc1sc2ncn(CCC(=O)Nc3cccc(S(=O)(=O)N4CCCCC4)c3)c(=O)c2c1C. The molecular formula is C22H26N4O4S2. The molecule has 0 saturated carbocycles. The van der Waals surface area contributed by atoms with Crippen molar-refractivity contribution in [1.29, 1.82) is 0 Å². The van der Waals surface area contributed by atoms with Crippen LogP contribution in [0.3, 0.4) is 0 Å². The van der Waals surface area contributed by atoms with Gasteiger partial charge in [0.25, 0.3) is 5.56 Å². The van der Waals surface area contributed by atoms with Gasteiger partial charge in [0.15, 0.2) is 0 Å². The molecule has 3 aromatic rings. The van der Waals surface area contributed by atoms with Crippen LogP contribution in [-0.2, 0) is 21.4 Å². The van der Waals surface area contributed by atoms with Gasteiger partial charge in [-0.05, 0) is 50.5 Å². The van der Waals surface area contributed by atoms with Crippen LogP contribution in [0.5, 0.6) is 0 Å². The number of benzene rings is 1. The first-order chi connectivity index (χ1) is 15.3. The Kier molecular flexibility index (Phi) is 6.45. The van der Waals surface area contributed by atoms with Crippen LogP contribution in [0, 0.1) is 13.8 Å². The Morgan fingerprint density at radius 2 is 1.94 bits per heavy atom. The summed E-state index contributed by atoms with van der Waals surface area (Å²) in [7, 11) is -3.57. The quantitative estimate of drug-likeness (QED) is 0.591. The van der Waals surface area contributed by atoms with Crippen molar-refractivity contribution in [3.8, 4) is 0 Å². The maximum Gasteiger partial charge on any atom is 0.262 e. The van der Waals surface area contributed by atoms with Gasteiger partial charge < -0.3 is 5.32 Å². The van der Waals surface area contributed by atoms with Crippen LogP contribution in [-0.4, -0.2) is 41.3 Å². The second kappa shape index (κ2) is 9.13. The van der Waals surface area contributed by atoms with Crippen molar-refractivity contribution in [2.24, 2.45) is 0 Å². The lowest BCUT2D eigenvalue weighted by Crippen LogP contribution is -2.35. The van der Waals surface area contributed by atoms with Gasteiger partial charge in [-0.3, -0.25) is 14.2 Å². The molecule has 1 aliphatic rings. The van der Waals surface area contributed by atoms with Gasteiger partial charge in [-0.25, -0.2) is 13.4 Å². The largest absolute Gasteiger partial charge is 0.326 e. The number of anilines is 1. The standard InChI is InChI=1S/C22H26N4O4S2/c1-15-16(2)31-21-20(15)22(28)25(14-23-21)12-9-19(27)24-17-7-6-8-18(13-17)32(29,30)26-10-4-3-5-11-26/h6-8,13-14H,3-5,9-12H2,1-2H3,(H,24,27). The van der Waals surface area contributed by atoms with Crippen LogP contribution >= 0.6 is 11.3 Å². The van der Waals surface area contributed by atoms with Gasteiger partial charge >= 0.3 is 0 Å². The molecule has 1 saturated heterocycles. The van der Waals surface area contributed by atoms with Crippen molar-refractivity contribution < 1.29 is 13.2 Å². The Morgan fingerprint density at radius 3 is 2.69 bits per heavy atom. The number of sulfonamides is 1. The minimum absolute atomic E-state index is 0.0678. The average molecular weight is 475 g/mol. The smallest absolute Gasteiger partial charge is 0.262 e. The summed E-state index contributed by atoms with van der Waals surface area (Å²) in [5.74, 6) is -0.303. The molecule has 0 radical (unpaired) electrons. The number of rotatable bonds is 6. The highest BCUT2D eigenvalue weighted by molar-refractivity contribution is 7.89. The second-order valence-electron chi connectivity index (χ2n) is 8.00. The number of hydrogen-bond donors (Lipinski definition) is 1. The van der Waals surface area contributed by atoms with Crippen molar-refractivity contribution in [3.63, 3.8) is 0 Å². The fourth-order valence-corrected chi connectivity index (χ4v) is 6.41. The summed E-state index contributed by atoms with van der Waals surface area (Å²) < 4.78 is 28.7. The summed E-state index contributed by atoms with van der Waals surface area (Å²) in [6.07, 6.45) is 4.30. The zero-order chi connectivity index (χ0) is 22.9. The van der Waals surface area contributed by atoms with Crippen molar-refractivity contribution in [2.45, 2.75) is 51.0 Å². The first-order valence-corrected chi connectivity index (χ1v) is 12.9. The summed E-state index contributed by atoms with van der Waals surface area (Å²) in [4.78, 5) is 31.5. The predicted molar refractivity (Wildman–Crippen MR) is 126 cm³/mol. The lowest BCUT2D eigenvalue weighted by Gasteiger charge is -2.26. The molecule has 10 heteroatoms. The van der Waals surface area contributed by atoms with Gasteiger partial charge in [-0.1, -0.05) is 12.5 Å². The lowest BCUT2D eigenvalue weighted by atomic mass is 10.2. The molecule has 170 valence electrons. The molecule has 0 atom stereocenters. The molecule has 0 spiro atoms. The number of carbonyl (C=O) groups is 1. The van der Waals surface area contributed by atoms with E-state index in [4.69, 9.17) is 0 Å². The van der Waals surface area contributed by atoms with E-state index >= 15 is 0 Å². The number of nitrogens with zero attached hydrogens (tertiary/aromatic N) is 3. The molecule has 3 heterocycles. The number of piperidine rings is 1. The highest BCUT2D eigenvalue weighted by Crippen LogP contribution is 2.25. The number of carbonyl (C=O) groups excluding carboxylic acids is 1. The van der Waals surface area contributed by atoms with Gasteiger partial charge in [-0.15, -0.1) is 11.3 Å². The maximum absolute atomic E-state index is 12.9. The van der Waals surface area contributed by atoms with E-state index in [1.54, 1.807) is 18.2 Å². The molecule has 1 aliphatic heterocycles. The Hall–Kier alpha value is -2.56. The monoisotopic (exact) mass is 474 g/mol. The minimum atomic E-state index is -3.57. The zero-order valence-corrected chi connectivity index (χ0v) is 19.8. The number of nitrogens with one attached hydrogen (secondary N) is 1. The molecule has 1 fully saturated rings. The summed E-state index contributed by atoms with van der Waals surface area (Å²) in [5, 5.41) is 3.35. The van der Waals surface area contributed by atoms with Gasteiger partial charge in [0.1, 0.15) is 4.83 Å². The lowest BCUT2D eigenvalue weighted by molar-refractivity contribution is -0.116. The Labute approximate surface area is 190 Å². The van der Waals surface area contributed by atoms with Gasteiger partial charge in [0, 0.05) is 36.6 Å². The molecule has 0 bridgehead atoms. The molecule has 8 nitrogen and oxygen atoms in total. The topological polar surface area (TPSA) is 101 Å². The Balaban J connectivity index is 1.44. The summed E-state index contributed by atoms with van der Waals surface area (Å²) in [5.41, 5.74) is 1.19. The highest BCUT2D eigenvalue weighted by atomic mass is 32.2. The number of aryl methyl sites for hydroxylation is 3. The van der Waals surface area contributed by atoms with E-state index in [0.29, 0.717) is 29.0 Å². The van der Waals surface area contributed by atoms with Crippen LogP contribution in [0.15, 0.2) is 40.3 Å².